The van der Waals surface area contributed by atoms with Crippen LogP contribution in [0, 0.1) is 0 Å². The molecule has 0 aliphatic heterocycles. The van der Waals surface area contributed by atoms with Gasteiger partial charge in [-0.3, -0.25) is 9.69 Å². The van der Waals surface area contributed by atoms with Crippen LogP contribution in [0.3, 0.4) is 0 Å². The van der Waals surface area contributed by atoms with Crippen molar-refractivity contribution in [2.24, 2.45) is 0 Å². The molecular formula is C11H23NO3. The number of rotatable bonds is 7. The molecule has 0 unspecified atom stereocenters. The molecule has 0 aromatic heterocycles. The number of esters is 1. The van der Waals surface area contributed by atoms with Crippen molar-refractivity contribution in [1.29, 1.82) is 0 Å². The molecule has 0 saturated heterocycles. The van der Waals surface area contributed by atoms with Crippen molar-refractivity contribution in [3.63, 3.8) is 0 Å². The Hall–Kier alpha value is -0.610. The van der Waals surface area contributed by atoms with E-state index >= 15 is 0 Å². The molecule has 15 heavy (non-hydrogen) atoms. The van der Waals surface area contributed by atoms with Gasteiger partial charge in [-0.25, -0.2) is 0 Å². The number of hydrogen-bond donors (Lipinski definition) is 1. The van der Waals surface area contributed by atoms with Crippen LogP contribution in [0.4, 0.5) is 0 Å². The topological polar surface area (TPSA) is 49.8 Å². The normalized spacial score (nSPS) is 11.9. The summed E-state index contributed by atoms with van der Waals surface area (Å²) in [6, 6.07) is 0. The van der Waals surface area contributed by atoms with Crippen molar-refractivity contribution in [1.82, 2.24) is 4.90 Å². The maximum atomic E-state index is 11.2. The number of carbonyl (C=O) groups is 1. The molecule has 0 spiro atoms. The summed E-state index contributed by atoms with van der Waals surface area (Å²) in [5, 5.41) is 9.56. The first-order chi connectivity index (χ1) is 6.89. The Balaban J connectivity index is 3.88. The molecule has 0 amide bonds. The van der Waals surface area contributed by atoms with E-state index in [-0.39, 0.29) is 5.97 Å². The van der Waals surface area contributed by atoms with Crippen LogP contribution >= 0.6 is 0 Å². The maximum absolute atomic E-state index is 11.2. The number of carbonyl (C=O) groups excluding carboxylic acids is 1. The van der Waals surface area contributed by atoms with E-state index in [1.165, 1.54) is 0 Å². The highest BCUT2D eigenvalue weighted by molar-refractivity contribution is 5.71. The SMILES string of the molecule is CCOC(=O)CN(CC)CCC(C)(C)O. The molecule has 0 atom stereocenters. The van der Waals surface area contributed by atoms with Crippen LogP contribution in [0.15, 0.2) is 0 Å². The third kappa shape index (κ3) is 8.39. The lowest BCUT2D eigenvalue weighted by Crippen LogP contribution is -2.35. The van der Waals surface area contributed by atoms with E-state index in [1.807, 2.05) is 11.8 Å². The Kier molecular flexibility index (Phi) is 6.52. The second-order valence-corrected chi connectivity index (χ2v) is 4.24. The van der Waals surface area contributed by atoms with Crippen molar-refractivity contribution in [2.45, 2.75) is 39.7 Å². The number of hydrogen-bond acceptors (Lipinski definition) is 4. The molecule has 0 aromatic rings. The lowest BCUT2D eigenvalue weighted by atomic mass is 10.1. The predicted molar refractivity (Wildman–Crippen MR) is 59.7 cm³/mol. The molecule has 0 radical (unpaired) electrons. The third-order valence-corrected chi connectivity index (χ3v) is 2.15. The van der Waals surface area contributed by atoms with Crippen LogP contribution < -0.4 is 0 Å². The molecule has 0 saturated carbocycles. The molecule has 4 heteroatoms. The summed E-state index contributed by atoms with van der Waals surface area (Å²) >= 11 is 0. The van der Waals surface area contributed by atoms with Gasteiger partial charge >= 0.3 is 5.97 Å². The van der Waals surface area contributed by atoms with Gasteiger partial charge in [-0.1, -0.05) is 6.92 Å². The smallest absolute Gasteiger partial charge is 0.320 e. The summed E-state index contributed by atoms with van der Waals surface area (Å²) in [4.78, 5) is 13.2. The standard InChI is InChI=1S/C11H23NO3/c1-5-12(8-7-11(3,4)14)9-10(13)15-6-2/h14H,5-9H2,1-4H3. The number of aliphatic hydroxyl groups is 1. The highest BCUT2D eigenvalue weighted by atomic mass is 16.5. The van der Waals surface area contributed by atoms with E-state index in [0.717, 1.165) is 6.54 Å². The predicted octanol–water partition coefficient (Wildman–Crippen LogP) is 1.03. The fraction of sp³-hybridized carbons (Fsp3) is 0.909. The fourth-order valence-electron chi connectivity index (χ4n) is 1.17. The average Bonchev–Trinajstić information content (AvgIpc) is 2.11. The molecule has 0 heterocycles. The summed E-state index contributed by atoms with van der Waals surface area (Å²) in [6.45, 7) is 9.54. The molecule has 0 bridgehead atoms. The van der Waals surface area contributed by atoms with E-state index in [0.29, 0.717) is 26.1 Å². The molecule has 1 N–H and O–H groups in total. The second-order valence-electron chi connectivity index (χ2n) is 4.24. The van der Waals surface area contributed by atoms with Gasteiger partial charge < -0.3 is 9.84 Å². The Morgan fingerprint density at radius 2 is 2.00 bits per heavy atom. The highest BCUT2D eigenvalue weighted by Crippen LogP contribution is 2.08. The molecule has 0 rings (SSSR count). The van der Waals surface area contributed by atoms with Crippen LogP contribution in [0.25, 0.3) is 0 Å². The lowest BCUT2D eigenvalue weighted by molar-refractivity contribution is -0.144. The lowest BCUT2D eigenvalue weighted by Gasteiger charge is -2.24. The summed E-state index contributed by atoms with van der Waals surface area (Å²) in [5.74, 6) is -0.199. The zero-order chi connectivity index (χ0) is 11.9. The van der Waals surface area contributed by atoms with Crippen LogP contribution in [0.5, 0.6) is 0 Å². The van der Waals surface area contributed by atoms with Crippen molar-refractivity contribution in [2.75, 3.05) is 26.2 Å². The zero-order valence-corrected chi connectivity index (χ0v) is 10.2. The number of ether oxygens (including phenoxy) is 1. The van der Waals surface area contributed by atoms with Gasteiger partial charge in [0.05, 0.1) is 18.8 Å². The van der Waals surface area contributed by atoms with Gasteiger partial charge in [0, 0.05) is 6.54 Å². The Morgan fingerprint density at radius 1 is 1.40 bits per heavy atom. The van der Waals surface area contributed by atoms with Crippen molar-refractivity contribution in [3.8, 4) is 0 Å². The first-order valence-corrected chi connectivity index (χ1v) is 5.49. The van der Waals surface area contributed by atoms with Gasteiger partial charge in [-0.2, -0.15) is 0 Å². The summed E-state index contributed by atoms with van der Waals surface area (Å²) in [6.07, 6.45) is 0.653. The third-order valence-electron chi connectivity index (χ3n) is 2.15. The van der Waals surface area contributed by atoms with Gasteiger partial charge in [0.25, 0.3) is 0 Å². The van der Waals surface area contributed by atoms with Gasteiger partial charge in [0.15, 0.2) is 0 Å². The quantitative estimate of drug-likeness (QED) is 0.647. The summed E-state index contributed by atoms with van der Waals surface area (Å²) in [5.41, 5.74) is -0.678. The Labute approximate surface area is 92.2 Å². The molecule has 90 valence electrons. The summed E-state index contributed by atoms with van der Waals surface area (Å²) in [7, 11) is 0. The van der Waals surface area contributed by atoms with Gasteiger partial charge in [-0.05, 0) is 33.7 Å². The summed E-state index contributed by atoms with van der Waals surface area (Å²) < 4.78 is 4.86. The van der Waals surface area contributed by atoms with E-state index < -0.39 is 5.60 Å². The molecule has 0 aliphatic rings. The second kappa shape index (κ2) is 6.80. The van der Waals surface area contributed by atoms with Crippen LogP contribution in [-0.2, 0) is 9.53 Å². The largest absolute Gasteiger partial charge is 0.465 e. The van der Waals surface area contributed by atoms with Crippen LogP contribution in [-0.4, -0.2) is 47.8 Å². The first kappa shape index (κ1) is 14.4. The molecular weight excluding hydrogens is 194 g/mol. The highest BCUT2D eigenvalue weighted by Gasteiger charge is 2.16. The first-order valence-electron chi connectivity index (χ1n) is 5.49. The van der Waals surface area contributed by atoms with E-state index in [1.54, 1.807) is 20.8 Å². The van der Waals surface area contributed by atoms with Gasteiger partial charge in [0.2, 0.25) is 0 Å². The Morgan fingerprint density at radius 3 is 2.40 bits per heavy atom. The van der Waals surface area contributed by atoms with Gasteiger partial charge in [0.1, 0.15) is 0 Å². The van der Waals surface area contributed by atoms with E-state index in [4.69, 9.17) is 4.74 Å². The molecule has 0 fully saturated rings. The molecule has 0 aliphatic carbocycles. The minimum atomic E-state index is -0.678. The van der Waals surface area contributed by atoms with Crippen LogP contribution in [0.2, 0.25) is 0 Å². The Bertz CT molecular complexity index is 187. The van der Waals surface area contributed by atoms with Crippen molar-refractivity contribution in [3.05, 3.63) is 0 Å². The van der Waals surface area contributed by atoms with Crippen molar-refractivity contribution >= 4 is 5.97 Å². The fourth-order valence-corrected chi connectivity index (χ4v) is 1.17. The molecule has 0 aromatic carbocycles. The minimum absolute atomic E-state index is 0.199. The number of likely N-dealkylation sites (N-methyl/N-ethyl adjacent to an activating group) is 1. The minimum Gasteiger partial charge on any atom is -0.465 e. The van der Waals surface area contributed by atoms with Crippen LogP contribution in [0.1, 0.15) is 34.1 Å². The van der Waals surface area contributed by atoms with Crippen molar-refractivity contribution < 1.29 is 14.6 Å². The average molecular weight is 217 g/mol. The molecule has 4 nitrogen and oxygen atoms in total. The van der Waals surface area contributed by atoms with Gasteiger partial charge in [-0.15, -0.1) is 0 Å². The number of nitrogens with zero attached hydrogens (tertiary/aromatic N) is 1. The zero-order valence-electron chi connectivity index (χ0n) is 10.2. The van der Waals surface area contributed by atoms with E-state index in [9.17, 15) is 9.90 Å². The van der Waals surface area contributed by atoms with E-state index in [2.05, 4.69) is 0 Å². The maximum Gasteiger partial charge on any atom is 0.320 e. The monoisotopic (exact) mass is 217 g/mol.